The summed E-state index contributed by atoms with van der Waals surface area (Å²) in [7, 11) is -3.84. The number of sulfonamides is 1. The van der Waals surface area contributed by atoms with E-state index in [0.29, 0.717) is 29.2 Å². The standard InChI is InChI=1S/C22H23FN4O3S2/c1-14-6-3-4-8-18(14)24-20(28)22-26-25-21(31-22)16-7-5-11-27(13-16)32(29,30)19-12-17(23)10-9-15(19)2/h3-4,6,8-10,12,16H,5,7,11,13H2,1-2H3,(H,24,28)/t16-/m0/s1. The van der Waals surface area contributed by atoms with Gasteiger partial charge in [0.2, 0.25) is 15.0 Å². The molecule has 1 N–H and O–H groups in total. The number of benzene rings is 2. The van der Waals surface area contributed by atoms with Crippen LogP contribution in [-0.4, -0.2) is 41.9 Å². The van der Waals surface area contributed by atoms with E-state index < -0.39 is 15.8 Å². The van der Waals surface area contributed by atoms with Crippen molar-refractivity contribution in [2.24, 2.45) is 0 Å². The van der Waals surface area contributed by atoms with Gasteiger partial charge in [-0.3, -0.25) is 4.79 Å². The quantitative estimate of drug-likeness (QED) is 0.601. The van der Waals surface area contributed by atoms with E-state index in [0.717, 1.165) is 18.1 Å². The lowest BCUT2D eigenvalue weighted by molar-refractivity contribution is 0.102. The molecule has 0 radical (unpaired) electrons. The molecule has 7 nitrogen and oxygen atoms in total. The van der Waals surface area contributed by atoms with Gasteiger partial charge in [0.15, 0.2) is 0 Å². The first-order valence-electron chi connectivity index (χ1n) is 10.2. The summed E-state index contributed by atoms with van der Waals surface area (Å²) in [6.45, 7) is 4.12. The molecule has 168 valence electrons. The number of aryl methyl sites for hydroxylation is 2. The van der Waals surface area contributed by atoms with Gasteiger partial charge in [-0.25, -0.2) is 12.8 Å². The van der Waals surface area contributed by atoms with Crippen LogP contribution in [0.5, 0.6) is 0 Å². The summed E-state index contributed by atoms with van der Waals surface area (Å²) in [5, 5.41) is 11.9. The fraction of sp³-hybridized carbons (Fsp3) is 0.318. The number of nitrogens with zero attached hydrogens (tertiary/aromatic N) is 3. The molecule has 1 atom stereocenters. The van der Waals surface area contributed by atoms with E-state index in [9.17, 15) is 17.6 Å². The maximum atomic E-state index is 13.7. The van der Waals surface area contributed by atoms with E-state index >= 15 is 0 Å². The van der Waals surface area contributed by atoms with Crippen LogP contribution in [0.15, 0.2) is 47.4 Å². The number of hydrogen-bond acceptors (Lipinski definition) is 6. The second-order valence-electron chi connectivity index (χ2n) is 7.83. The Balaban J connectivity index is 1.51. The Kier molecular flexibility index (Phi) is 6.36. The van der Waals surface area contributed by atoms with Crippen molar-refractivity contribution in [3.8, 4) is 0 Å². The summed E-state index contributed by atoms with van der Waals surface area (Å²) in [5.41, 5.74) is 2.14. The molecule has 1 amide bonds. The van der Waals surface area contributed by atoms with E-state index in [2.05, 4.69) is 15.5 Å². The summed E-state index contributed by atoms with van der Waals surface area (Å²) in [6, 6.07) is 11.2. The van der Waals surface area contributed by atoms with Gasteiger partial charge >= 0.3 is 0 Å². The number of amides is 1. The Morgan fingerprint density at radius 2 is 1.94 bits per heavy atom. The van der Waals surface area contributed by atoms with Crippen LogP contribution in [0.2, 0.25) is 0 Å². The monoisotopic (exact) mass is 474 g/mol. The molecule has 1 fully saturated rings. The van der Waals surface area contributed by atoms with Crippen LogP contribution < -0.4 is 5.32 Å². The molecule has 2 aromatic carbocycles. The molecule has 1 aliphatic rings. The minimum Gasteiger partial charge on any atom is -0.320 e. The van der Waals surface area contributed by atoms with E-state index in [1.54, 1.807) is 6.92 Å². The zero-order chi connectivity index (χ0) is 22.9. The Hall–Kier alpha value is -2.69. The van der Waals surface area contributed by atoms with Crippen LogP contribution in [-0.2, 0) is 10.0 Å². The molecule has 1 aromatic heterocycles. The third-order valence-electron chi connectivity index (χ3n) is 5.53. The van der Waals surface area contributed by atoms with Crippen molar-refractivity contribution in [3.05, 3.63) is 69.4 Å². The summed E-state index contributed by atoms with van der Waals surface area (Å²) < 4.78 is 41.4. The summed E-state index contributed by atoms with van der Waals surface area (Å²) >= 11 is 1.17. The smallest absolute Gasteiger partial charge is 0.286 e. The summed E-state index contributed by atoms with van der Waals surface area (Å²) in [6.07, 6.45) is 1.38. The molecule has 4 rings (SSSR count). The molecule has 0 saturated carbocycles. The van der Waals surface area contributed by atoms with Gasteiger partial charge in [0.05, 0.1) is 4.90 Å². The van der Waals surface area contributed by atoms with Crippen molar-refractivity contribution < 1.29 is 17.6 Å². The third-order valence-corrected chi connectivity index (χ3v) is 8.62. The first-order chi connectivity index (χ1) is 15.3. The molecule has 0 spiro atoms. The zero-order valence-corrected chi connectivity index (χ0v) is 19.3. The number of nitrogens with one attached hydrogen (secondary N) is 1. The molecule has 3 aromatic rings. The summed E-state index contributed by atoms with van der Waals surface area (Å²) in [5.74, 6) is -1.11. The molecule has 2 heterocycles. The van der Waals surface area contributed by atoms with E-state index in [-0.39, 0.29) is 28.3 Å². The third kappa shape index (κ3) is 4.57. The molecule has 1 aliphatic heterocycles. The zero-order valence-electron chi connectivity index (χ0n) is 17.7. The van der Waals surface area contributed by atoms with Gasteiger partial charge in [-0.15, -0.1) is 10.2 Å². The largest absolute Gasteiger partial charge is 0.320 e. The highest BCUT2D eigenvalue weighted by atomic mass is 32.2. The Labute approximate surface area is 190 Å². The average Bonchev–Trinajstić information content (AvgIpc) is 3.27. The Morgan fingerprint density at radius 1 is 1.16 bits per heavy atom. The minimum absolute atomic E-state index is 0.0197. The number of rotatable bonds is 5. The lowest BCUT2D eigenvalue weighted by Gasteiger charge is -2.31. The Bertz CT molecular complexity index is 1260. The summed E-state index contributed by atoms with van der Waals surface area (Å²) in [4.78, 5) is 12.6. The molecular weight excluding hydrogens is 451 g/mol. The van der Waals surface area contributed by atoms with Crippen LogP contribution in [0.1, 0.15) is 44.7 Å². The van der Waals surface area contributed by atoms with Crippen molar-refractivity contribution in [3.63, 3.8) is 0 Å². The van der Waals surface area contributed by atoms with Gasteiger partial charge in [0.1, 0.15) is 10.8 Å². The topological polar surface area (TPSA) is 92.3 Å². The van der Waals surface area contributed by atoms with Gasteiger partial charge in [0, 0.05) is 24.7 Å². The number of hydrogen-bond donors (Lipinski definition) is 1. The van der Waals surface area contributed by atoms with E-state index in [4.69, 9.17) is 0 Å². The van der Waals surface area contributed by atoms with Crippen LogP contribution >= 0.6 is 11.3 Å². The highest BCUT2D eigenvalue weighted by Crippen LogP contribution is 2.33. The van der Waals surface area contributed by atoms with E-state index in [1.165, 1.54) is 27.8 Å². The maximum absolute atomic E-state index is 13.7. The highest BCUT2D eigenvalue weighted by Gasteiger charge is 2.33. The van der Waals surface area contributed by atoms with Gasteiger partial charge in [-0.2, -0.15) is 4.31 Å². The van der Waals surface area contributed by atoms with Crippen molar-refractivity contribution >= 4 is 33.0 Å². The van der Waals surface area contributed by atoms with Gasteiger partial charge in [-0.05, 0) is 56.0 Å². The number of carbonyl (C=O) groups is 1. The highest BCUT2D eigenvalue weighted by molar-refractivity contribution is 7.89. The van der Waals surface area contributed by atoms with Crippen LogP contribution in [0.4, 0.5) is 10.1 Å². The van der Waals surface area contributed by atoms with Crippen molar-refractivity contribution in [1.29, 1.82) is 0 Å². The number of carbonyl (C=O) groups excluding carboxylic acids is 1. The SMILES string of the molecule is Cc1ccccc1NC(=O)c1nnc([C@H]2CCCN(S(=O)(=O)c3cc(F)ccc3C)C2)s1. The van der Waals surface area contributed by atoms with Crippen molar-refractivity contribution in [2.75, 3.05) is 18.4 Å². The molecule has 1 saturated heterocycles. The fourth-order valence-corrected chi connectivity index (χ4v) is 6.36. The lowest BCUT2D eigenvalue weighted by atomic mass is 10.0. The molecule has 32 heavy (non-hydrogen) atoms. The second-order valence-corrected chi connectivity index (χ2v) is 10.7. The molecule has 10 heteroatoms. The predicted molar refractivity (Wildman–Crippen MR) is 121 cm³/mol. The number of piperidine rings is 1. The Morgan fingerprint density at radius 3 is 2.72 bits per heavy atom. The number of aromatic nitrogens is 2. The molecule has 0 bridgehead atoms. The fourth-order valence-electron chi connectivity index (χ4n) is 3.73. The molecule has 0 unspecified atom stereocenters. The van der Waals surface area contributed by atoms with Crippen molar-refractivity contribution in [2.45, 2.75) is 37.5 Å². The van der Waals surface area contributed by atoms with Gasteiger partial charge in [0.25, 0.3) is 5.91 Å². The van der Waals surface area contributed by atoms with Gasteiger partial charge in [-0.1, -0.05) is 35.6 Å². The first-order valence-corrected chi connectivity index (χ1v) is 12.5. The minimum atomic E-state index is -3.84. The van der Waals surface area contributed by atoms with Gasteiger partial charge < -0.3 is 5.32 Å². The van der Waals surface area contributed by atoms with Crippen LogP contribution in [0, 0.1) is 19.7 Å². The second kappa shape index (κ2) is 9.05. The van der Waals surface area contributed by atoms with Crippen LogP contribution in [0.3, 0.4) is 0 Å². The lowest BCUT2D eigenvalue weighted by Crippen LogP contribution is -2.39. The molecular formula is C22H23FN4O3S2. The predicted octanol–water partition coefficient (Wildman–Crippen LogP) is 4.11. The number of para-hydroxylation sites is 1. The van der Waals surface area contributed by atoms with Crippen molar-refractivity contribution in [1.82, 2.24) is 14.5 Å². The average molecular weight is 475 g/mol. The number of halogens is 1. The van der Waals surface area contributed by atoms with Crippen LogP contribution in [0.25, 0.3) is 0 Å². The number of anilines is 1. The van der Waals surface area contributed by atoms with E-state index in [1.807, 2.05) is 31.2 Å². The maximum Gasteiger partial charge on any atom is 0.286 e. The molecule has 0 aliphatic carbocycles. The first kappa shape index (κ1) is 22.5. The normalized spacial score (nSPS) is 17.3.